The van der Waals surface area contributed by atoms with Gasteiger partial charge in [0, 0.05) is 10.0 Å². The molecule has 1 amide bonds. The van der Waals surface area contributed by atoms with Crippen LogP contribution >= 0.6 is 15.9 Å². The van der Waals surface area contributed by atoms with Gasteiger partial charge >= 0.3 is 0 Å². The van der Waals surface area contributed by atoms with Crippen LogP contribution in [0.2, 0.25) is 0 Å². The molecule has 12 heavy (non-hydrogen) atoms. The molecule has 0 unspecified atom stereocenters. The molecule has 0 fully saturated rings. The van der Waals surface area contributed by atoms with Crippen LogP contribution in [0.25, 0.3) is 0 Å². The maximum Gasteiger partial charge on any atom is 0.249 e. The third kappa shape index (κ3) is 1.67. The fourth-order valence-corrected chi connectivity index (χ4v) is 1.99. The third-order valence-electron chi connectivity index (χ3n) is 1.74. The van der Waals surface area contributed by atoms with Gasteiger partial charge in [0.05, 0.1) is 0 Å². The number of hydrogen-bond donors (Lipinski definition) is 1. The summed E-state index contributed by atoms with van der Waals surface area (Å²) in [7, 11) is 0. The Morgan fingerprint density at radius 3 is 2.08 bits per heavy atom. The lowest BCUT2D eigenvalue weighted by molar-refractivity contribution is 0.0999. The average Bonchev–Trinajstić information content (AvgIpc) is 1.82. The Labute approximate surface area is 79.9 Å². The van der Waals surface area contributed by atoms with Crippen molar-refractivity contribution in [3.8, 4) is 0 Å². The first-order chi connectivity index (χ1) is 5.52. The third-order valence-corrected chi connectivity index (χ3v) is 2.20. The number of benzene rings is 1. The molecule has 0 aliphatic rings. The summed E-state index contributed by atoms with van der Waals surface area (Å²) in [6.07, 6.45) is 0. The molecule has 0 radical (unpaired) electrons. The number of nitrogens with two attached hydrogens (primary N) is 1. The van der Waals surface area contributed by atoms with Gasteiger partial charge in [-0.15, -0.1) is 0 Å². The Morgan fingerprint density at radius 1 is 1.33 bits per heavy atom. The molecule has 1 aromatic carbocycles. The first-order valence-electron chi connectivity index (χ1n) is 3.59. The molecule has 0 heterocycles. The van der Waals surface area contributed by atoms with E-state index in [1.807, 2.05) is 26.0 Å². The van der Waals surface area contributed by atoms with Crippen LogP contribution in [-0.4, -0.2) is 5.91 Å². The van der Waals surface area contributed by atoms with Crippen molar-refractivity contribution < 1.29 is 4.79 Å². The largest absolute Gasteiger partial charge is 0.366 e. The Balaban J connectivity index is 3.38. The zero-order chi connectivity index (χ0) is 9.30. The molecule has 0 aliphatic carbocycles. The minimum atomic E-state index is -0.363. The SMILES string of the molecule is Cc1cc(Br)cc(C)c1C(N)=O. The van der Waals surface area contributed by atoms with Crippen LogP contribution in [0.5, 0.6) is 0 Å². The van der Waals surface area contributed by atoms with E-state index in [2.05, 4.69) is 15.9 Å². The highest BCUT2D eigenvalue weighted by molar-refractivity contribution is 9.10. The van der Waals surface area contributed by atoms with Crippen molar-refractivity contribution in [3.05, 3.63) is 33.3 Å². The molecule has 0 atom stereocenters. The van der Waals surface area contributed by atoms with Gasteiger partial charge in [-0.1, -0.05) is 15.9 Å². The van der Waals surface area contributed by atoms with Gasteiger partial charge in [-0.3, -0.25) is 4.79 Å². The van der Waals surface area contributed by atoms with Gasteiger partial charge in [-0.2, -0.15) is 0 Å². The molecule has 0 saturated heterocycles. The zero-order valence-electron chi connectivity index (χ0n) is 7.02. The number of aryl methyl sites for hydroxylation is 2. The molecule has 0 spiro atoms. The molecule has 3 heteroatoms. The van der Waals surface area contributed by atoms with Gasteiger partial charge in [0.25, 0.3) is 0 Å². The number of hydrogen-bond acceptors (Lipinski definition) is 1. The normalized spacial score (nSPS) is 9.92. The van der Waals surface area contributed by atoms with E-state index in [1.54, 1.807) is 0 Å². The number of primary amides is 1. The van der Waals surface area contributed by atoms with Crippen LogP contribution < -0.4 is 5.73 Å². The maximum absolute atomic E-state index is 11.0. The van der Waals surface area contributed by atoms with Crippen LogP contribution in [0.15, 0.2) is 16.6 Å². The second-order valence-electron chi connectivity index (χ2n) is 2.78. The molecule has 0 aliphatic heterocycles. The van der Waals surface area contributed by atoms with Crippen molar-refractivity contribution in [3.63, 3.8) is 0 Å². The van der Waals surface area contributed by atoms with E-state index in [0.717, 1.165) is 15.6 Å². The highest BCUT2D eigenvalue weighted by Crippen LogP contribution is 2.19. The molecule has 2 nitrogen and oxygen atoms in total. The monoisotopic (exact) mass is 227 g/mol. The van der Waals surface area contributed by atoms with E-state index in [9.17, 15) is 4.79 Å². The lowest BCUT2D eigenvalue weighted by Crippen LogP contribution is -2.14. The molecular formula is C9H10BrNO. The minimum absolute atomic E-state index is 0.363. The first-order valence-corrected chi connectivity index (χ1v) is 4.38. The number of rotatable bonds is 1. The van der Waals surface area contributed by atoms with Gasteiger partial charge in [0.15, 0.2) is 0 Å². The summed E-state index contributed by atoms with van der Waals surface area (Å²) in [4.78, 5) is 11.0. The Morgan fingerprint density at radius 2 is 1.75 bits per heavy atom. The van der Waals surface area contributed by atoms with Crippen LogP contribution in [-0.2, 0) is 0 Å². The summed E-state index contributed by atoms with van der Waals surface area (Å²) in [5.74, 6) is -0.363. The molecule has 2 N–H and O–H groups in total. The van der Waals surface area contributed by atoms with Crippen LogP contribution in [0.3, 0.4) is 0 Å². The summed E-state index contributed by atoms with van der Waals surface area (Å²) in [5.41, 5.74) is 7.66. The molecule has 1 rings (SSSR count). The predicted octanol–water partition coefficient (Wildman–Crippen LogP) is 2.16. The fraction of sp³-hybridized carbons (Fsp3) is 0.222. The lowest BCUT2D eigenvalue weighted by atomic mass is 10.0. The van der Waals surface area contributed by atoms with Crippen molar-refractivity contribution in [2.75, 3.05) is 0 Å². The van der Waals surface area contributed by atoms with E-state index >= 15 is 0 Å². The Bertz CT molecular complexity index is 310. The second-order valence-corrected chi connectivity index (χ2v) is 3.69. The van der Waals surface area contributed by atoms with Crippen molar-refractivity contribution in [1.82, 2.24) is 0 Å². The standard InChI is InChI=1S/C9H10BrNO/c1-5-3-7(10)4-6(2)8(5)9(11)12/h3-4H,1-2H3,(H2,11,12). The van der Waals surface area contributed by atoms with Gasteiger partial charge in [0.2, 0.25) is 5.91 Å². The highest BCUT2D eigenvalue weighted by atomic mass is 79.9. The number of carbonyl (C=O) groups excluding carboxylic acids is 1. The second kappa shape index (κ2) is 3.27. The van der Waals surface area contributed by atoms with Gasteiger partial charge < -0.3 is 5.73 Å². The van der Waals surface area contributed by atoms with Crippen molar-refractivity contribution in [2.45, 2.75) is 13.8 Å². The average molecular weight is 228 g/mol. The quantitative estimate of drug-likeness (QED) is 0.786. The number of carbonyl (C=O) groups is 1. The van der Waals surface area contributed by atoms with Crippen molar-refractivity contribution in [1.29, 1.82) is 0 Å². The first kappa shape index (κ1) is 9.26. The summed E-state index contributed by atoms with van der Waals surface area (Å²) < 4.78 is 0.975. The van der Waals surface area contributed by atoms with Crippen LogP contribution in [0, 0.1) is 13.8 Å². The van der Waals surface area contributed by atoms with Crippen molar-refractivity contribution in [2.24, 2.45) is 5.73 Å². The number of amides is 1. The lowest BCUT2D eigenvalue weighted by Gasteiger charge is -2.05. The Hall–Kier alpha value is -0.830. The summed E-state index contributed by atoms with van der Waals surface area (Å²) in [6, 6.07) is 3.76. The maximum atomic E-state index is 11.0. The smallest absolute Gasteiger partial charge is 0.249 e. The summed E-state index contributed by atoms with van der Waals surface area (Å²) in [6.45, 7) is 3.75. The Kier molecular flexibility index (Phi) is 2.52. The van der Waals surface area contributed by atoms with Gasteiger partial charge in [-0.05, 0) is 37.1 Å². The molecule has 0 aromatic heterocycles. The predicted molar refractivity (Wildman–Crippen MR) is 52.1 cm³/mol. The van der Waals surface area contributed by atoms with Crippen molar-refractivity contribution >= 4 is 21.8 Å². The van der Waals surface area contributed by atoms with E-state index < -0.39 is 0 Å². The molecule has 1 aromatic rings. The van der Waals surface area contributed by atoms with Gasteiger partial charge in [0.1, 0.15) is 0 Å². The van der Waals surface area contributed by atoms with E-state index in [0.29, 0.717) is 5.56 Å². The molecule has 0 bridgehead atoms. The van der Waals surface area contributed by atoms with Gasteiger partial charge in [-0.25, -0.2) is 0 Å². The molecule has 64 valence electrons. The van der Waals surface area contributed by atoms with E-state index in [1.165, 1.54) is 0 Å². The molecule has 0 saturated carbocycles. The highest BCUT2D eigenvalue weighted by Gasteiger charge is 2.08. The summed E-state index contributed by atoms with van der Waals surface area (Å²) >= 11 is 3.34. The number of halogens is 1. The minimum Gasteiger partial charge on any atom is -0.366 e. The fourth-order valence-electron chi connectivity index (χ4n) is 1.30. The topological polar surface area (TPSA) is 43.1 Å². The van der Waals surface area contributed by atoms with Crippen LogP contribution in [0.1, 0.15) is 21.5 Å². The molecular weight excluding hydrogens is 218 g/mol. The van der Waals surface area contributed by atoms with E-state index in [-0.39, 0.29) is 5.91 Å². The van der Waals surface area contributed by atoms with E-state index in [4.69, 9.17) is 5.73 Å². The summed E-state index contributed by atoms with van der Waals surface area (Å²) in [5, 5.41) is 0. The zero-order valence-corrected chi connectivity index (χ0v) is 8.60. The van der Waals surface area contributed by atoms with Crippen LogP contribution in [0.4, 0.5) is 0 Å².